The topological polar surface area (TPSA) is 63.2 Å². The zero-order valence-corrected chi connectivity index (χ0v) is 18.0. The minimum absolute atomic E-state index is 0.0484. The molecule has 0 aromatic heterocycles. The van der Waals surface area contributed by atoms with Crippen molar-refractivity contribution in [2.75, 3.05) is 65.3 Å². The van der Waals surface area contributed by atoms with Gasteiger partial charge in [0.25, 0.3) is 0 Å². The van der Waals surface area contributed by atoms with Crippen LogP contribution in [0.25, 0.3) is 0 Å². The number of rotatable bonds is 6. The van der Waals surface area contributed by atoms with Crippen molar-refractivity contribution in [2.45, 2.75) is 19.6 Å². The van der Waals surface area contributed by atoms with Crippen molar-refractivity contribution in [1.82, 2.24) is 20.4 Å². The minimum atomic E-state index is -4.42. The number of hydrogen-bond donors (Lipinski definition) is 2. The van der Waals surface area contributed by atoms with E-state index in [-0.39, 0.29) is 19.0 Å². The SMILES string of the molecule is CCNC(=NCc1cc(C(F)(F)F)ccc1N1CCN(C)CC1)NCC(=O)N(C)C. The molecule has 1 amide bonds. The molecule has 168 valence electrons. The number of carbonyl (C=O) groups excluding carboxylic acids is 1. The number of guanidine groups is 1. The van der Waals surface area contributed by atoms with E-state index in [1.807, 2.05) is 14.0 Å². The number of likely N-dealkylation sites (N-methyl/N-ethyl adjacent to an activating group) is 2. The number of carbonyl (C=O) groups is 1. The number of piperazine rings is 1. The molecule has 10 heteroatoms. The lowest BCUT2D eigenvalue weighted by Crippen LogP contribution is -2.45. The second kappa shape index (κ2) is 10.5. The summed E-state index contributed by atoms with van der Waals surface area (Å²) in [5.41, 5.74) is 0.580. The number of benzene rings is 1. The summed E-state index contributed by atoms with van der Waals surface area (Å²) < 4.78 is 39.8. The summed E-state index contributed by atoms with van der Waals surface area (Å²) in [5.74, 6) is 0.257. The molecule has 0 bridgehead atoms. The third kappa shape index (κ3) is 6.79. The van der Waals surface area contributed by atoms with Gasteiger partial charge in [-0.3, -0.25) is 4.79 Å². The second-order valence-electron chi connectivity index (χ2n) is 7.47. The van der Waals surface area contributed by atoms with Gasteiger partial charge in [-0.05, 0) is 37.7 Å². The van der Waals surface area contributed by atoms with Gasteiger partial charge in [0.15, 0.2) is 5.96 Å². The minimum Gasteiger partial charge on any atom is -0.369 e. The molecule has 0 atom stereocenters. The largest absolute Gasteiger partial charge is 0.416 e. The average Bonchev–Trinajstić information content (AvgIpc) is 2.69. The van der Waals surface area contributed by atoms with E-state index in [9.17, 15) is 18.0 Å². The lowest BCUT2D eigenvalue weighted by molar-refractivity contribution is -0.137. The summed E-state index contributed by atoms with van der Waals surface area (Å²) in [4.78, 5) is 22.0. The molecule has 30 heavy (non-hydrogen) atoms. The van der Waals surface area contributed by atoms with Gasteiger partial charge in [-0.1, -0.05) is 0 Å². The third-order valence-corrected chi connectivity index (χ3v) is 4.91. The maximum absolute atomic E-state index is 13.3. The van der Waals surface area contributed by atoms with E-state index in [4.69, 9.17) is 0 Å². The van der Waals surface area contributed by atoms with Crippen LogP contribution in [-0.4, -0.2) is 82.1 Å². The molecule has 0 spiro atoms. The molecular formula is C20H31F3N6O. The highest BCUT2D eigenvalue weighted by Crippen LogP contribution is 2.33. The Morgan fingerprint density at radius 2 is 1.83 bits per heavy atom. The predicted octanol–water partition coefficient (Wildman–Crippen LogP) is 1.60. The van der Waals surface area contributed by atoms with Crippen molar-refractivity contribution in [3.05, 3.63) is 29.3 Å². The van der Waals surface area contributed by atoms with Gasteiger partial charge in [0.1, 0.15) is 0 Å². The standard InChI is InChI=1S/C20H31F3N6O/c1-5-24-19(26-14-18(30)27(2)3)25-13-15-12-16(20(21,22)23)6-7-17(15)29-10-8-28(4)9-11-29/h6-7,12H,5,8-11,13-14H2,1-4H3,(H2,24,25,26). The van der Waals surface area contributed by atoms with Crippen LogP contribution in [0.15, 0.2) is 23.2 Å². The maximum atomic E-state index is 13.3. The van der Waals surface area contributed by atoms with Gasteiger partial charge in [0.2, 0.25) is 5.91 Å². The number of nitrogens with zero attached hydrogens (tertiary/aromatic N) is 4. The lowest BCUT2D eigenvalue weighted by Gasteiger charge is -2.35. The zero-order valence-electron chi connectivity index (χ0n) is 18.0. The monoisotopic (exact) mass is 428 g/mol. The maximum Gasteiger partial charge on any atom is 0.416 e. The first kappa shape index (κ1) is 23.8. The van der Waals surface area contributed by atoms with Crippen molar-refractivity contribution >= 4 is 17.6 Å². The van der Waals surface area contributed by atoms with Crippen LogP contribution in [0.4, 0.5) is 18.9 Å². The lowest BCUT2D eigenvalue weighted by atomic mass is 10.1. The molecule has 2 N–H and O–H groups in total. The summed E-state index contributed by atoms with van der Waals surface area (Å²) in [7, 11) is 5.33. The van der Waals surface area contributed by atoms with Crippen LogP contribution >= 0.6 is 0 Å². The van der Waals surface area contributed by atoms with E-state index in [1.54, 1.807) is 14.1 Å². The Balaban J connectivity index is 2.26. The Hall–Kier alpha value is -2.49. The van der Waals surface area contributed by atoms with Gasteiger partial charge in [-0.25, -0.2) is 4.99 Å². The molecule has 1 aliphatic heterocycles. The van der Waals surface area contributed by atoms with Gasteiger partial charge < -0.3 is 25.3 Å². The number of anilines is 1. The summed E-state index contributed by atoms with van der Waals surface area (Å²) in [5, 5.41) is 5.95. The predicted molar refractivity (Wildman–Crippen MR) is 113 cm³/mol. The highest BCUT2D eigenvalue weighted by atomic mass is 19.4. The molecule has 1 aromatic rings. The van der Waals surface area contributed by atoms with Crippen molar-refractivity contribution in [3.63, 3.8) is 0 Å². The molecule has 7 nitrogen and oxygen atoms in total. The van der Waals surface area contributed by atoms with Crippen molar-refractivity contribution in [2.24, 2.45) is 4.99 Å². The highest BCUT2D eigenvalue weighted by Gasteiger charge is 2.31. The Bertz CT molecular complexity index is 743. The number of hydrogen-bond acceptors (Lipinski definition) is 4. The van der Waals surface area contributed by atoms with E-state index in [2.05, 4.69) is 25.4 Å². The van der Waals surface area contributed by atoms with Gasteiger partial charge >= 0.3 is 6.18 Å². The average molecular weight is 429 g/mol. The Morgan fingerprint density at radius 3 is 2.40 bits per heavy atom. The number of alkyl halides is 3. The first-order valence-electron chi connectivity index (χ1n) is 9.97. The molecule has 0 aliphatic carbocycles. The van der Waals surface area contributed by atoms with Gasteiger partial charge in [0, 0.05) is 52.5 Å². The van der Waals surface area contributed by atoms with Crippen LogP contribution < -0.4 is 15.5 Å². The number of halogens is 3. The van der Waals surface area contributed by atoms with E-state index < -0.39 is 11.7 Å². The van der Waals surface area contributed by atoms with Crippen LogP contribution in [0.1, 0.15) is 18.1 Å². The molecule has 0 unspecified atom stereocenters. The van der Waals surface area contributed by atoms with E-state index in [0.717, 1.165) is 37.9 Å². The van der Waals surface area contributed by atoms with Gasteiger partial charge in [0.05, 0.1) is 18.7 Å². The zero-order chi connectivity index (χ0) is 22.3. The summed E-state index contributed by atoms with van der Waals surface area (Å²) in [6.07, 6.45) is -4.42. The number of nitrogens with one attached hydrogen (secondary N) is 2. The summed E-state index contributed by atoms with van der Waals surface area (Å²) >= 11 is 0. The third-order valence-electron chi connectivity index (χ3n) is 4.91. The highest BCUT2D eigenvalue weighted by molar-refractivity contribution is 5.86. The van der Waals surface area contributed by atoms with Gasteiger partial charge in [-0.2, -0.15) is 13.2 Å². The van der Waals surface area contributed by atoms with Crippen molar-refractivity contribution < 1.29 is 18.0 Å². The molecule has 1 aliphatic rings. The molecule has 1 heterocycles. The van der Waals surface area contributed by atoms with Gasteiger partial charge in [-0.15, -0.1) is 0 Å². The quantitative estimate of drug-likeness (QED) is 0.533. The molecule has 1 aromatic carbocycles. The van der Waals surface area contributed by atoms with Crippen LogP contribution in [0.3, 0.4) is 0 Å². The molecule has 2 rings (SSSR count). The Kier molecular flexibility index (Phi) is 8.33. The fourth-order valence-electron chi connectivity index (χ4n) is 3.07. The van der Waals surface area contributed by atoms with Crippen LogP contribution in [0.2, 0.25) is 0 Å². The van der Waals surface area contributed by atoms with E-state index >= 15 is 0 Å². The Morgan fingerprint density at radius 1 is 1.17 bits per heavy atom. The second-order valence-corrected chi connectivity index (χ2v) is 7.47. The van der Waals surface area contributed by atoms with Crippen molar-refractivity contribution in [1.29, 1.82) is 0 Å². The fourth-order valence-corrected chi connectivity index (χ4v) is 3.07. The first-order valence-corrected chi connectivity index (χ1v) is 9.97. The molecule has 1 saturated heterocycles. The van der Waals surface area contributed by atoms with E-state index in [0.29, 0.717) is 18.1 Å². The van der Waals surface area contributed by atoms with Crippen molar-refractivity contribution in [3.8, 4) is 0 Å². The number of aliphatic imine (C=N–C) groups is 1. The van der Waals surface area contributed by atoms with E-state index in [1.165, 1.54) is 17.0 Å². The summed E-state index contributed by atoms with van der Waals surface area (Å²) in [6.45, 7) is 5.74. The molecule has 1 fully saturated rings. The normalized spacial score (nSPS) is 15.8. The van der Waals surface area contributed by atoms with Crippen LogP contribution in [0, 0.1) is 0 Å². The molecular weight excluding hydrogens is 397 g/mol. The fraction of sp³-hybridized carbons (Fsp3) is 0.600. The van der Waals surface area contributed by atoms with Crippen LogP contribution in [0.5, 0.6) is 0 Å². The Labute approximate surface area is 175 Å². The number of amides is 1. The molecule has 0 saturated carbocycles. The first-order chi connectivity index (χ1) is 14.1. The van der Waals surface area contributed by atoms with Crippen LogP contribution in [-0.2, 0) is 17.5 Å². The summed E-state index contributed by atoms with van der Waals surface area (Å²) in [6, 6.07) is 3.83. The smallest absolute Gasteiger partial charge is 0.369 e. The molecule has 0 radical (unpaired) electrons.